The third kappa shape index (κ3) is 3.47. The van der Waals surface area contributed by atoms with E-state index in [1.165, 1.54) is 6.42 Å². The van der Waals surface area contributed by atoms with Crippen LogP contribution >= 0.6 is 0 Å². The molecule has 1 heterocycles. The molecule has 3 atom stereocenters. The number of piperidine rings is 1. The van der Waals surface area contributed by atoms with Crippen molar-refractivity contribution in [2.24, 2.45) is 17.6 Å². The van der Waals surface area contributed by atoms with Crippen LogP contribution in [0.2, 0.25) is 0 Å². The molecule has 0 aliphatic carbocycles. The number of hydrogen-bond acceptors (Lipinski definition) is 3. The quantitative estimate of drug-likeness (QED) is 0.725. The van der Waals surface area contributed by atoms with Gasteiger partial charge in [-0.2, -0.15) is 0 Å². The van der Waals surface area contributed by atoms with Gasteiger partial charge < -0.3 is 10.8 Å². The maximum absolute atomic E-state index is 10.8. The monoisotopic (exact) mass is 214 g/mol. The number of nitrogens with two attached hydrogens (primary N) is 1. The van der Waals surface area contributed by atoms with Crippen LogP contribution in [0, 0.1) is 11.8 Å². The Labute approximate surface area is 91.4 Å². The molecule has 0 radical (unpaired) electrons. The second-order valence-electron chi connectivity index (χ2n) is 4.72. The van der Waals surface area contributed by atoms with Crippen LogP contribution < -0.4 is 5.73 Å². The average molecular weight is 214 g/mol. The summed E-state index contributed by atoms with van der Waals surface area (Å²) in [6.07, 6.45) is 2.31. The van der Waals surface area contributed by atoms with Crippen LogP contribution in [-0.4, -0.2) is 41.7 Å². The minimum absolute atomic E-state index is 0.288. The molecule has 4 nitrogen and oxygen atoms in total. The van der Waals surface area contributed by atoms with Crippen LogP contribution in [0.25, 0.3) is 0 Å². The molecule has 3 N–H and O–H groups in total. The Balaban J connectivity index is 2.47. The van der Waals surface area contributed by atoms with Gasteiger partial charge in [-0.15, -0.1) is 0 Å². The number of aliphatic carboxylic acids is 1. The van der Waals surface area contributed by atoms with Gasteiger partial charge in [-0.1, -0.05) is 6.92 Å². The van der Waals surface area contributed by atoms with E-state index in [-0.39, 0.29) is 5.92 Å². The van der Waals surface area contributed by atoms with E-state index in [0.29, 0.717) is 25.0 Å². The number of carboxylic acids is 1. The van der Waals surface area contributed by atoms with E-state index in [1.807, 2.05) is 0 Å². The first-order valence-electron chi connectivity index (χ1n) is 5.71. The SMILES string of the molecule is CC(CN1CC(CN)CCC1C)C(=O)O. The normalized spacial score (nSPS) is 30.1. The van der Waals surface area contributed by atoms with Crippen LogP contribution in [0.5, 0.6) is 0 Å². The highest BCUT2D eigenvalue weighted by molar-refractivity contribution is 5.69. The van der Waals surface area contributed by atoms with Gasteiger partial charge >= 0.3 is 5.97 Å². The molecular formula is C11H22N2O2. The number of nitrogens with zero attached hydrogens (tertiary/aromatic N) is 1. The lowest BCUT2D eigenvalue weighted by atomic mass is 9.92. The van der Waals surface area contributed by atoms with Crippen molar-refractivity contribution < 1.29 is 9.90 Å². The third-order valence-electron chi connectivity index (χ3n) is 3.37. The van der Waals surface area contributed by atoms with Crippen molar-refractivity contribution in [1.29, 1.82) is 0 Å². The number of carboxylic acid groups (broad SMARTS) is 1. The zero-order chi connectivity index (χ0) is 11.4. The maximum Gasteiger partial charge on any atom is 0.307 e. The zero-order valence-corrected chi connectivity index (χ0v) is 9.65. The molecule has 1 aliphatic rings. The summed E-state index contributed by atoms with van der Waals surface area (Å²) >= 11 is 0. The topological polar surface area (TPSA) is 66.6 Å². The Morgan fingerprint density at radius 2 is 2.27 bits per heavy atom. The molecule has 1 fully saturated rings. The van der Waals surface area contributed by atoms with Gasteiger partial charge in [0, 0.05) is 19.1 Å². The summed E-state index contributed by atoms with van der Waals surface area (Å²) in [5, 5.41) is 8.87. The lowest BCUT2D eigenvalue weighted by Gasteiger charge is -2.38. The van der Waals surface area contributed by atoms with Gasteiger partial charge in [0.1, 0.15) is 0 Å². The number of carbonyl (C=O) groups is 1. The van der Waals surface area contributed by atoms with E-state index in [4.69, 9.17) is 10.8 Å². The first-order chi connectivity index (χ1) is 7.04. The van der Waals surface area contributed by atoms with Crippen LogP contribution in [0.1, 0.15) is 26.7 Å². The van der Waals surface area contributed by atoms with E-state index >= 15 is 0 Å². The molecule has 1 aliphatic heterocycles. The van der Waals surface area contributed by atoms with Gasteiger partial charge in [0.2, 0.25) is 0 Å². The summed E-state index contributed by atoms with van der Waals surface area (Å²) in [4.78, 5) is 13.0. The molecule has 0 amide bonds. The van der Waals surface area contributed by atoms with Crippen molar-refractivity contribution in [3.05, 3.63) is 0 Å². The Hall–Kier alpha value is -0.610. The predicted octanol–water partition coefficient (Wildman–Crippen LogP) is 0.766. The smallest absolute Gasteiger partial charge is 0.307 e. The largest absolute Gasteiger partial charge is 0.481 e. The molecule has 0 spiro atoms. The summed E-state index contributed by atoms with van der Waals surface area (Å²) in [7, 11) is 0. The maximum atomic E-state index is 10.8. The zero-order valence-electron chi connectivity index (χ0n) is 9.65. The summed E-state index contributed by atoms with van der Waals surface area (Å²) in [6.45, 7) is 6.25. The fourth-order valence-electron chi connectivity index (χ4n) is 2.14. The van der Waals surface area contributed by atoms with Crippen molar-refractivity contribution in [3.63, 3.8) is 0 Å². The minimum Gasteiger partial charge on any atom is -0.481 e. The number of likely N-dealkylation sites (tertiary alicyclic amines) is 1. The minimum atomic E-state index is -0.711. The highest BCUT2D eigenvalue weighted by Crippen LogP contribution is 2.21. The first-order valence-corrected chi connectivity index (χ1v) is 5.71. The molecule has 1 saturated heterocycles. The fourth-order valence-corrected chi connectivity index (χ4v) is 2.14. The van der Waals surface area contributed by atoms with E-state index in [0.717, 1.165) is 13.0 Å². The van der Waals surface area contributed by atoms with Gasteiger partial charge in [-0.3, -0.25) is 9.69 Å². The molecule has 0 bridgehead atoms. The molecule has 4 heteroatoms. The molecule has 0 aromatic rings. The third-order valence-corrected chi connectivity index (χ3v) is 3.37. The highest BCUT2D eigenvalue weighted by Gasteiger charge is 2.27. The molecule has 88 valence electrons. The van der Waals surface area contributed by atoms with E-state index in [9.17, 15) is 4.79 Å². The van der Waals surface area contributed by atoms with Crippen LogP contribution in [0.4, 0.5) is 0 Å². The van der Waals surface area contributed by atoms with Gasteiger partial charge in [-0.25, -0.2) is 0 Å². The number of rotatable bonds is 4. The Bertz CT molecular complexity index is 221. The second kappa shape index (κ2) is 5.47. The summed E-state index contributed by atoms with van der Waals surface area (Å²) in [5.74, 6) is -0.455. The lowest BCUT2D eigenvalue weighted by Crippen LogP contribution is -2.46. The summed E-state index contributed by atoms with van der Waals surface area (Å²) in [6, 6.07) is 0.495. The molecule has 15 heavy (non-hydrogen) atoms. The summed E-state index contributed by atoms with van der Waals surface area (Å²) < 4.78 is 0. The van der Waals surface area contributed by atoms with E-state index in [2.05, 4.69) is 11.8 Å². The van der Waals surface area contributed by atoms with E-state index in [1.54, 1.807) is 6.92 Å². The summed E-state index contributed by atoms with van der Waals surface area (Å²) in [5.41, 5.74) is 5.66. The van der Waals surface area contributed by atoms with Crippen molar-refractivity contribution >= 4 is 5.97 Å². The lowest BCUT2D eigenvalue weighted by molar-refractivity contribution is -0.142. The van der Waals surface area contributed by atoms with Crippen LogP contribution in [-0.2, 0) is 4.79 Å². The first kappa shape index (κ1) is 12.5. The predicted molar refractivity (Wildman–Crippen MR) is 59.6 cm³/mol. The van der Waals surface area contributed by atoms with Crippen molar-refractivity contribution in [2.75, 3.05) is 19.6 Å². The number of hydrogen-bond donors (Lipinski definition) is 2. The standard InChI is InChI=1S/C11H22N2O2/c1-8(11(14)15)6-13-7-10(5-12)4-3-9(13)2/h8-10H,3-7,12H2,1-2H3,(H,14,15). The Morgan fingerprint density at radius 3 is 2.80 bits per heavy atom. The van der Waals surface area contributed by atoms with Crippen molar-refractivity contribution in [3.8, 4) is 0 Å². The van der Waals surface area contributed by atoms with Crippen molar-refractivity contribution in [1.82, 2.24) is 4.90 Å². The molecule has 3 unspecified atom stereocenters. The van der Waals surface area contributed by atoms with Crippen LogP contribution in [0.15, 0.2) is 0 Å². The van der Waals surface area contributed by atoms with Gasteiger partial charge in [0.25, 0.3) is 0 Å². The van der Waals surface area contributed by atoms with Gasteiger partial charge in [0.15, 0.2) is 0 Å². The van der Waals surface area contributed by atoms with Gasteiger partial charge in [0.05, 0.1) is 5.92 Å². The molecule has 0 aromatic heterocycles. The van der Waals surface area contributed by atoms with E-state index < -0.39 is 5.97 Å². The van der Waals surface area contributed by atoms with Gasteiger partial charge in [-0.05, 0) is 32.2 Å². The average Bonchev–Trinajstić information content (AvgIpc) is 2.21. The molecule has 0 aromatic carbocycles. The highest BCUT2D eigenvalue weighted by atomic mass is 16.4. The molecule has 1 rings (SSSR count). The van der Waals surface area contributed by atoms with Crippen LogP contribution in [0.3, 0.4) is 0 Å². The van der Waals surface area contributed by atoms with Crippen molar-refractivity contribution in [2.45, 2.75) is 32.7 Å². The Morgan fingerprint density at radius 1 is 1.60 bits per heavy atom. The molecular weight excluding hydrogens is 192 g/mol. The molecule has 0 saturated carbocycles. The Kier molecular flexibility index (Phi) is 4.54. The second-order valence-corrected chi connectivity index (χ2v) is 4.72. The fraction of sp³-hybridized carbons (Fsp3) is 0.909.